The van der Waals surface area contributed by atoms with Crippen molar-refractivity contribution in [2.45, 2.75) is 31.9 Å². The summed E-state index contributed by atoms with van der Waals surface area (Å²) in [6.07, 6.45) is 4.15. The second kappa shape index (κ2) is 6.32. The van der Waals surface area contributed by atoms with Gasteiger partial charge in [0.05, 0.1) is 12.2 Å². The van der Waals surface area contributed by atoms with E-state index in [-0.39, 0.29) is 5.56 Å². The van der Waals surface area contributed by atoms with Crippen molar-refractivity contribution in [3.8, 4) is 0 Å². The van der Waals surface area contributed by atoms with Crippen molar-refractivity contribution in [2.24, 2.45) is 5.92 Å². The van der Waals surface area contributed by atoms with Gasteiger partial charge in [0.15, 0.2) is 5.82 Å². The zero-order valence-corrected chi connectivity index (χ0v) is 13.8. The summed E-state index contributed by atoms with van der Waals surface area (Å²) in [6, 6.07) is 5.44. The van der Waals surface area contributed by atoms with Gasteiger partial charge in [-0.15, -0.1) is 0 Å². The minimum Gasteiger partial charge on any atom is -0.377 e. The highest BCUT2D eigenvalue weighted by Crippen LogP contribution is 2.38. The fraction of sp³-hybridized carbons (Fsp3) is 0.529. The predicted octanol–water partition coefficient (Wildman–Crippen LogP) is 1.19. The Labute approximate surface area is 140 Å². The van der Waals surface area contributed by atoms with Crippen molar-refractivity contribution in [1.82, 2.24) is 19.7 Å². The van der Waals surface area contributed by atoms with Crippen molar-refractivity contribution < 1.29 is 4.74 Å². The number of aromatic nitrogens is 4. The largest absolute Gasteiger partial charge is 0.377 e. The maximum absolute atomic E-state index is 12.0. The Kier molecular flexibility index (Phi) is 4.02. The van der Waals surface area contributed by atoms with Gasteiger partial charge in [0, 0.05) is 44.3 Å². The number of nitrogens with zero attached hydrogens (tertiary/aromatic N) is 5. The monoisotopic (exact) mass is 327 g/mol. The molecule has 2 fully saturated rings. The average Bonchev–Trinajstić information content (AvgIpc) is 3.37. The Morgan fingerprint density at radius 2 is 2.08 bits per heavy atom. The Hall–Kier alpha value is -2.28. The highest BCUT2D eigenvalue weighted by atomic mass is 16.5. The van der Waals surface area contributed by atoms with E-state index >= 15 is 0 Å². The Balaban J connectivity index is 1.38. The summed E-state index contributed by atoms with van der Waals surface area (Å²) in [6.45, 7) is 2.85. The third kappa shape index (κ3) is 3.17. The van der Waals surface area contributed by atoms with Crippen LogP contribution in [0.4, 0.5) is 5.82 Å². The molecule has 1 aliphatic heterocycles. The van der Waals surface area contributed by atoms with Crippen LogP contribution in [0.5, 0.6) is 0 Å². The maximum atomic E-state index is 12.0. The first-order chi connectivity index (χ1) is 11.7. The van der Waals surface area contributed by atoms with E-state index < -0.39 is 0 Å². The van der Waals surface area contributed by atoms with Gasteiger partial charge in [0.1, 0.15) is 12.4 Å². The first-order valence-corrected chi connectivity index (χ1v) is 8.37. The summed E-state index contributed by atoms with van der Waals surface area (Å²) < 4.78 is 6.70. The van der Waals surface area contributed by atoms with Gasteiger partial charge in [-0.2, -0.15) is 5.10 Å². The molecule has 2 aromatic heterocycles. The number of rotatable bonds is 6. The van der Waals surface area contributed by atoms with E-state index in [1.54, 1.807) is 24.1 Å². The molecule has 0 bridgehead atoms. The minimum absolute atomic E-state index is 0.0118. The maximum Gasteiger partial charge on any atom is 0.266 e. The normalized spacial score (nSPS) is 17.8. The molecule has 0 spiro atoms. The molecule has 1 aliphatic carbocycles. The van der Waals surface area contributed by atoms with E-state index in [4.69, 9.17) is 4.74 Å². The van der Waals surface area contributed by atoms with Gasteiger partial charge in [-0.1, -0.05) is 0 Å². The molecule has 1 saturated heterocycles. The standard InChI is InChI=1S/C17H21N5O2/c1-24-11-15-18-7-6-16(19-15)21-8-12(9-21)10-22-17(23)5-4-14(20-22)13-2-3-13/h4-7,12-13H,2-3,8-11H2,1H3. The van der Waals surface area contributed by atoms with Crippen molar-refractivity contribution >= 4 is 5.82 Å². The lowest BCUT2D eigenvalue weighted by molar-refractivity contribution is 0.177. The molecule has 1 saturated carbocycles. The van der Waals surface area contributed by atoms with Gasteiger partial charge < -0.3 is 9.64 Å². The molecule has 4 rings (SSSR count). The lowest BCUT2D eigenvalue weighted by Gasteiger charge is -2.40. The summed E-state index contributed by atoms with van der Waals surface area (Å²) in [5, 5.41) is 4.54. The molecule has 0 atom stereocenters. The van der Waals surface area contributed by atoms with Crippen molar-refractivity contribution in [1.29, 1.82) is 0 Å². The number of hydrogen-bond acceptors (Lipinski definition) is 6. The van der Waals surface area contributed by atoms with Crippen molar-refractivity contribution in [2.75, 3.05) is 25.1 Å². The molecule has 2 aromatic rings. The zero-order valence-electron chi connectivity index (χ0n) is 13.8. The quantitative estimate of drug-likeness (QED) is 0.794. The summed E-state index contributed by atoms with van der Waals surface area (Å²) in [4.78, 5) is 22.9. The van der Waals surface area contributed by atoms with E-state index in [9.17, 15) is 4.79 Å². The molecule has 2 aliphatic rings. The first kappa shape index (κ1) is 15.3. The third-order valence-corrected chi connectivity index (χ3v) is 4.56. The fourth-order valence-corrected chi connectivity index (χ4v) is 3.07. The smallest absolute Gasteiger partial charge is 0.266 e. The van der Waals surface area contributed by atoms with Crippen molar-refractivity contribution in [3.05, 3.63) is 46.3 Å². The summed E-state index contributed by atoms with van der Waals surface area (Å²) in [5.41, 5.74) is 1.05. The molecule has 3 heterocycles. The lowest BCUT2D eigenvalue weighted by Crippen LogP contribution is -2.50. The topological polar surface area (TPSA) is 73.1 Å². The van der Waals surface area contributed by atoms with Crippen LogP contribution in [0.3, 0.4) is 0 Å². The molecule has 126 valence electrons. The van der Waals surface area contributed by atoms with Gasteiger partial charge in [-0.05, 0) is 25.0 Å². The summed E-state index contributed by atoms with van der Waals surface area (Å²) in [7, 11) is 1.64. The molecular formula is C17H21N5O2. The lowest BCUT2D eigenvalue weighted by atomic mass is 10.0. The molecule has 0 aromatic carbocycles. The summed E-state index contributed by atoms with van der Waals surface area (Å²) >= 11 is 0. The van der Waals surface area contributed by atoms with Crippen LogP contribution in [0.15, 0.2) is 29.2 Å². The predicted molar refractivity (Wildman–Crippen MR) is 88.9 cm³/mol. The SMILES string of the molecule is COCc1nccc(N2CC(Cn3nc(C4CC4)ccc3=O)C2)n1. The van der Waals surface area contributed by atoms with Crippen LogP contribution >= 0.6 is 0 Å². The average molecular weight is 327 g/mol. The van der Waals surface area contributed by atoms with E-state index in [2.05, 4.69) is 20.0 Å². The molecule has 0 amide bonds. The molecule has 7 heteroatoms. The van der Waals surface area contributed by atoms with Crippen LogP contribution in [-0.2, 0) is 17.9 Å². The van der Waals surface area contributed by atoms with Crippen LogP contribution in [0.1, 0.15) is 30.3 Å². The van der Waals surface area contributed by atoms with E-state index in [1.807, 2.05) is 12.1 Å². The van der Waals surface area contributed by atoms with Crippen LogP contribution in [0.2, 0.25) is 0 Å². The number of methoxy groups -OCH3 is 1. The van der Waals surface area contributed by atoms with E-state index in [0.717, 1.165) is 24.6 Å². The van der Waals surface area contributed by atoms with Gasteiger partial charge in [-0.3, -0.25) is 4.79 Å². The van der Waals surface area contributed by atoms with Crippen LogP contribution in [0, 0.1) is 5.92 Å². The highest BCUT2D eigenvalue weighted by Gasteiger charge is 2.30. The third-order valence-electron chi connectivity index (χ3n) is 4.56. The Bertz CT molecular complexity index is 781. The van der Waals surface area contributed by atoms with Crippen LogP contribution in [0.25, 0.3) is 0 Å². The van der Waals surface area contributed by atoms with Crippen molar-refractivity contribution in [3.63, 3.8) is 0 Å². The second-order valence-electron chi connectivity index (χ2n) is 6.59. The molecular weight excluding hydrogens is 306 g/mol. The molecule has 24 heavy (non-hydrogen) atoms. The number of ether oxygens (including phenoxy) is 1. The van der Waals surface area contributed by atoms with Crippen LogP contribution in [-0.4, -0.2) is 39.9 Å². The Morgan fingerprint density at radius 1 is 1.25 bits per heavy atom. The molecule has 0 N–H and O–H groups in total. The first-order valence-electron chi connectivity index (χ1n) is 8.37. The molecule has 7 nitrogen and oxygen atoms in total. The van der Waals surface area contributed by atoms with Gasteiger partial charge >= 0.3 is 0 Å². The van der Waals surface area contributed by atoms with Gasteiger partial charge in [0.2, 0.25) is 0 Å². The number of anilines is 1. The second-order valence-corrected chi connectivity index (χ2v) is 6.59. The Morgan fingerprint density at radius 3 is 2.83 bits per heavy atom. The number of hydrogen-bond donors (Lipinski definition) is 0. The summed E-state index contributed by atoms with van der Waals surface area (Å²) in [5.74, 6) is 2.59. The zero-order chi connectivity index (χ0) is 16.5. The van der Waals surface area contributed by atoms with Gasteiger partial charge in [0.25, 0.3) is 5.56 Å². The highest BCUT2D eigenvalue weighted by molar-refractivity contribution is 5.40. The minimum atomic E-state index is -0.0118. The molecule has 0 radical (unpaired) electrons. The van der Waals surface area contributed by atoms with Crippen LogP contribution < -0.4 is 10.5 Å². The fourth-order valence-electron chi connectivity index (χ4n) is 3.07. The van der Waals surface area contributed by atoms with Gasteiger partial charge in [-0.25, -0.2) is 14.6 Å². The molecule has 0 unspecified atom stereocenters. The van der Waals surface area contributed by atoms with E-state index in [0.29, 0.717) is 30.8 Å². The van der Waals surface area contributed by atoms with E-state index in [1.165, 1.54) is 12.8 Å².